The molecule has 0 saturated heterocycles. The highest BCUT2D eigenvalue weighted by Gasteiger charge is 2.25. The maximum atomic E-state index is 12.7. The zero-order valence-corrected chi connectivity index (χ0v) is 13.1. The van der Waals surface area contributed by atoms with E-state index in [1.807, 2.05) is 26.1 Å². The maximum Gasteiger partial charge on any atom is 0.244 e. The lowest BCUT2D eigenvalue weighted by atomic mass is 10.1. The minimum atomic E-state index is -3.53. The molecule has 1 aromatic rings. The molecule has 0 atom stereocenters. The van der Waals surface area contributed by atoms with E-state index in [0.29, 0.717) is 18.0 Å². The molecule has 5 heteroatoms. The van der Waals surface area contributed by atoms with E-state index in [1.54, 1.807) is 13.0 Å². The molecule has 0 aromatic heterocycles. The predicted octanol–water partition coefficient (Wildman–Crippen LogP) is 1.75. The van der Waals surface area contributed by atoms with Gasteiger partial charge in [0.05, 0.1) is 11.4 Å². The normalized spacial score (nSPS) is 11.6. The molecule has 0 amide bonds. The number of hydrogen-bond acceptors (Lipinski definition) is 3. The van der Waals surface area contributed by atoms with Crippen molar-refractivity contribution >= 4 is 10.0 Å². The van der Waals surface area contributed by atoms with Gasteiger partial charge in [-0.3, -0.25) is 0 Å². The van der Waals surface area contributed by atoms with Crippen LogP contribution >= 0.6 is 0 Å². The Morgan fingerprint density at radius 2 is 2.10 bits per heavy atom. The highest BCUT2D eigenvalue weighted by atomic mass is 32.2. The molecular formula is C15H22N2O2S. The van der Waals surface area contributed by atoms with Gasteiger partial charge in [0.15, 0.2) is 0 Å². The second-order valence-corrected chi connectivity index (χ2v) is 6.58. The molecule has 0 fully saturated rings. The third-order valence-corrected chi connectivity index (χ3v) is 4.98. The molecule has 0 spiro atoms. The van der Waals surface area contributed by atoms with Crippen LogP contribution in [0.3, 0.4) is 0 Å². The van der Waals surface area contributed by atoms with Gasteiger partial charge in [-0.1, -0.05) is 25.0 Å². The lowest BCUT2D eigenvalue weighted by molar-refractivity contribution is 0.445. The summed E-state index contributed by atoms with van der Waals surface area (Å²) < 4.78 is 26.8. The van der Waals surface area contributed by atoms with Crippen molar-refractivity contribution in [1.82, 2.24) is 9.62 Å². The number of nitrogens with zero attached hydrogens (tertiary/aromatic N) is 1. The van der Waals surface area contributed by atoms with Gasteiger partial charge in [-0.15, -0.1) is 6.42 Å². The average Bonchev–Trinajstić information content (AvgIpc) is 2.41. The van der Waals surface area contributed by atoms with Crippen molar-refractivity contribution in [3.8, 4) is 12.3 Å². The van der Waals surface area contributed by atoms with Crippen LogP contribution in [-0.2, 0) is 16.6 Å². The summed E-state index contributed by atoms with van der Waals surface area (Å²) in [5, 5.41) is 3.02. The predicted molar refractivity (Wildman–Crippen MR) is 81.8 cm³/mol. The first-order valence-corrected chi connectivity index (χ1v) is 8.09. The first-order chi connectivity index (χ1) is 9.47. The summed E-state index contributed by atoms with van der Waals surface area (Å²) in [6.07, 6.45) is 6.02. The number of hydrogen-bond donors (Lipinski definition) is 1. The van der Waals surface area contributed by atoms with Gasteiger partial charge in [0.2, 0.25) is 10.0 Å². The van der Waals surface area contributed by atoms with Gasteiger partial charge >= 0.3 is 0 Å². The van der Waals surface area contributed by atoms with Crippen molar-refractivity contribution < 1.29 is 8.42 Å². The second kappa shape index (κ2) is 7.44. The highest BCUT2D eigenvalue weighted by Crippen LogP contribution is 2.21. The van der Waals surface area contributed by atoms with Gasteiger partial charge in [-0.05, 0) is 37.6 Å². The van der Waals surface area contributed by atoms with Crippen molar-refractivity contribution in [1.29, 1.82) is 0 Å². The van der Waals surface area contributed by atoms with E-state index < -0.39 is 10.0 Å². The number of sulfonamides is 1. The van der Waals surface area contributed by atoms with Crippen molar-refractivity contribution in [2.24, 2.45) is 0 Å². The van der Waals surface area contributed by atoms with Gasteiger partial charge in [0, 0.05) is 13.1 Å². The number of terminal acetylenes is 1. The van der Waals surface area contributed by atoms with Crippen LogP contribution < -0.4 is 5.32 Å². The number of rotatable bonds is 7. The maximum absolute atomic E-state index is 12.7. The van der Waals surface area contributed by atoms with Crippen molar-refractivity contribution in [3.05, 3.63) is 29.3 Å². The Hall–Kier alpha value is -1.35. The van der Waals surface area contributed by atoms with E-state index in [1.165, 1.54) is 4.31 Å². The van der Waals surface area contributed by atoms with Crippen LogP contribution in [-0.4, -0.2) is 32.9 Å². The smallest absolute Gasteiger partial charge is 0.244 e. The average molecular weight is 294 g/mol. The largest absolute Gasteiger partial charge is 0.316 e. The first-order valence-electron chi connectivity index (χ1n) is 6.65. The molecule has 1 rings (SSSR count). The number of benzene rings is 1. The highest BCUT2D eigenvalue weighted by molar-refractivity contribution is 7.89. The molecule has 0 saturated carbocycles. The molecule has 0 aliphatic rings. The minimum absolute atomic E-state index is 0.103. The quantitative estimate of drug-likeness (QED) is 0.779. The van der Waals surface area contributed by atoms with Crippen molar-refractivity contribution in [2.45, 2.75) is 31.7 Å². The molecule has 0 radical (unpaired) electrons. The zero-order chi connectivity index (χ0) is 15.2. The van der Waals surface area contributed by atoms with E-state index in [0.717, 1.165) is 17.5 Å². The molecule has 110 valence electrons. The van der Waals surface area contributed by atoms with Crippen LogP contribution in [0.15, 0.2) is 23.1 Å². The Bertz CT molecular complexity index is 588. The molecule has 0 heterocycles. The van der Waals surface area contributed by atoms with Crippen LogP contribution in [0.5, 0.6) is 0 Å². The van der Waals surface area contributed by atoms with Gasteiger partial charge < -0.3 is 5.32 Å². The molecule has 4 nitrogen and oxygen atoms in total. The molecule has 0 aliphatic carbocycles. The summed E-state index contributed by atoms with van der Waals surface area (Å²) in [5.41, 5.74) is 1.68. The summed E-state index contributed by atoms with van der Waals surface area (Å²) >= 11 is 0. The molecule has 0 aliphatic heterocycles. The summed E-state index contributed by atoms with van der Waals surface area (Å²) in [5.74, 6) is 2.42. The molecule has 0 bridgehead atoms. The summed E-state index contributed by atoms with van der Waals surface area (Å²) in [6.45, 7) is 4.90. The Balaban J connectivity index is 3.25. The van der Waals surface area contributed by atoms with Crippen LogP contribution in [0.25, 0.3) is 0 Å². The van der Waals surface area contributed by atoms with E-state index in [2.05, 4.69) is 11.2 Å². The van der Waals surface area contributed by atoms with Gasteiger partial charge in [-0.2, -0.15) is 4.31 Å². The van der Waals surface area contributed by atoms with E-state index >= 15 is 0 Å². The molecule has 20 heavy (non-hydrogen) atoms. The fraction of sp³-hybridized carbons (Fsp3) is 0.467. The van der Waals surface area contributed by atoms with E-state index in [9.17, 15) is 8.42 Å². The molecule has 1 N–H and O–H groups in total. The summed E-state index contributed by atoms with van der Waals surface area (Å²) in [7, 11) is -1.70. The third-order valence-electron chi connectivity index (χ3n) is 2.99. The molecular weight excluding hydrogens is 272 g/mol. The third kappa shape index (κ3) is 3.83. The Labute approximate surface area is 122 Å². The van der Waals surface area contributed by atoms with E-state index in [-0.39, 0.29) is 6.54 Å². The van der Waals surface area contributed by atoms with Crippen LogP contribution in [0.2, 0.25) is 0 Å². The zero-order valence-electron chi connectivity index (χ0n) is 12.3. The number of nitrogens with one attached hydrogen (secondary N) is 1. The lowest BCUT2D eigenvalue weighted by Gasteiger charge is -2.21. The van der Waals surface area contributed by atoms with Crippen LogP contribution in [0.1, 0.15) is 24.5 Å². The minimum Gasteiger partial charge on any atom is -0.316 e. The topological polar surface area (TPSA) is 49.4 Å². The van der Waals surface area contributed by atoms with Gasteiger partial charge in [0.1, 0.15) is 0 Å². The summed E-state index contributed by atoms with van der Waals surface area (Å²) in [6, 6.07) is 5.48. The SMILES string of the molecule is C#CCN(CCC)S(=O)(=O)c1cc(CNC)ccc1C. The lowest BCUT2D eigenvalue weighted by Crippen LogP contribution is -2.32. The fourth-order valence-corrected chi connectivity index (χ4v) is 3.73. The van der Waals surface area contributed by atoms with Crippen LogP contribution in [0.4, 0.5) is 0 Å². The van der Waals surface area contributed by atoms with E-state index in [4.69, 9.17) is 6.42 Å². The van der Waals surface area contributed by atoms with Gasteiger partial charge in [0.25, 0.3) is 0 Å². The standard InChI is InChI=1S/C15H22N2O2S/c1-5-9-17(10-6-2)20(18,19)15-11-14(12-16-4)8-7-13(15)3/h1,7-8,11,16H,6,9-10,12H2,2-4H3. The molecule has 0 unspecified atom stereocenters. The number of aryl methyl sites for hydroxylation is 1. The monoisotopic (exact) mass is 294 g/mol. The fourth-order valence-electron chi connectivity index (χ4n) is 2.01. The van der Waals surface area contributed by atoms with Crippen molar-refractivity contribution in [3.63, 3.8) is 0 Å². The Morgan fingerprint density at radius 1 is 1.40 bits per heavy atom. The molecule has 1 aromatic carbocycles. The van der Waals surface area contributed by atoms with Gasteiger partial charge in [-0.25, -0.2) is 8.42 Å². The van der Waals surface area contributed by atoms with Crippen molar-refractivity contribution in [2.75, 3.05) is 20.1 Å². The Morgan fingerprint density at radius 3 is 2.65 bits per heavy atom. The Kier molecular flexibility index (Phi) is 6.21. The van der Waals surface area contributed by atoms with Crippen LogP contribution in [0, 0.1) is 19.3 Å². The first kappa shape index (κ1) is 16.7. The summed E-state index contributed by atoms with van der Waals surface area (Å²) in [4.78, 5) is 0.342. The second-order valence-electron chi connectivity index (χ2n) is 4.67.